The Morgan fingerprint density at radius 1 is 1.19 bits per heavy atom. The van der Waals surface area contributed by atoms with E-state index in [4.69, 9.17) is 4.74 Å². The summed E-state index contributed by atoms with van der Waals surface area (Å²) >= 11 is 0. The highest BCUT2D eigenvalue weighted by molar-refractivity contribution is 5.76. The topological polar surface area (TPSA) is 46.5 Å². The summed E-state index contributed by atoms with van der Waals surface area (Å²) in [5, 5.41) is 9.19. The second-order valence-corrected chi connectivity index (χ2v) is 5.50. The van der Waals surface area contributed by atoms with Crippen molar-refractivity contribution in [3.8, 4) is 0 Å². The Morgan fingerprint density at radius 3 is 2.06 bits per heavy atom. The lowest BCUT2D eigenvalue weighted by Gasteiger charge is -2.26. The monoisotopic (exact) mass is 230 g/mol. The molecule has 16 heavy (non-hydrogen) atoms. The van der Waals surface area contributed by atoms with Gasteiger partial charge in [-0.25, -0.2) is 4.79 Å². The van der Waals surface area contributed by atoms with Crippen LogP contribution in [-0.2, 0) is 9.53 Å². The van der Waals surface area contributed by atoms with Crippen molar-refractivity contribution < 1.29 is 14.6 Å². The molecule has 0 bridgehead atoms. The third-order valence-electron chi connectivity index (χ3n) is 2.77. The number of rotatable bonds is 8. The van der Waals surface area contributed by atoms with E-state index in [1.807, 2.05) is 0 Å². The quantitative estimate of drug-likeness (QED) is 0.695. The molecule has 0 spiro atoms. The van der Waals surface area contributed by atoms with Gasteiger partial charge in [0.25, 0.3) is 0 Å². The van der Waals surface area contributed by atoms with Crippen LogP contribution in [0.3, 0.4) is 0 Å². The average molecular weight is 230 g/mol. The first-order valence-corrected chi connectivity index (χ1v) is 6.15. The maximum atomic E-state index is 11.2. The lowest BCUT2D eigenvalue weighted by Crippen LogP contribution is -2.39. The summed E-state index contributed by atoms with van der Waals surface area (Å²) in [5.74, 6) is 0.201. The van der Waals surface area contributed by atoms with Gasteiger partial charge in [0.15, 0.2) is 5.60 Å². The molecule has 0 heterocycles. The fourth-order valence-electron chi connectivity index (χ4n) is 1.32. The molecule has 0 fully saturated rings. The van der Waals surface area contributed by atoms with E-state index in [-0.39, 0.29) is 0 Å². The minimum atomic E-state index is -1.01. The summed E-state index contributed by atoms with van der Waals surface area (Å²) in [7, 11) is 0. The van der Waals surface area contributed by atoms with Crippen molar-refractivity contribution in [3.63, 3.8) is 0 Å². The molecule has 1 atom stereocenters. The van der Waals surface area contributed by atoms with E-state index < -0.39 is 11.6 Å². The molecule has 0 aromatic carbocycles. The predicted molar refractivity (Wildman–Crippen MR) is 65.5 cm³/mol. The van der Waals surface area contributed by atoms with Crippen molar-refractivity contribution in [2.75, 3.05) is 6.61 Å². The fraction of sp³-hybridized carbons (Fsp3) is 0.923. The molecule has 3 nitrogen and oxygen atoms in total. The number of hydrogen-bond donors (Lipinski definition) is 1. The van der Waals surface area contributed by atoms with Crippen LogP contribution in [0.4, 0.5) is 0 Å². The largest absolute Gasteiger partial charge is 0.479 e. The number of hydrogen-bond acceptors (Lipinski definition) is 2. The highest BCUT2D eigenvalue weighted by atomic mass is 16.5. The average Bonchev–Trinajstić information content (AvgIpc) is 2.13. The van der Waals surface area contributed by atoms with E-state index in [2.05, 4.69) is 27.7 Å². The normalized spacial score (nSPS) is 15.4. The van der Waals surface area contributed by atoms with Crippen molar-refractivity contribution in [2.24, 2.45) is 11.8 Å². The maximum Gasteiger partial charge on any atom is 0.335 e. The van der Waals surface area contributed by atoms with Crippen LogP contribution in [-0.4, -0.2) is 23.3 Å². The van der Waals surface area contributed by atoms with Gasteiger partial charge >= 0.3 is 5.97 Å². The highest BCUT2D eigenvalue weighted by Gasteiger charge is 2.33. The summed E-state index contributed by atoms with van der Waals surface area (Å²) in [6.07, 6.45) is 2.37. The third kappa shape index (κ3) is 6.11. The molecule has 0 amide bonds. The Morgan fingerprint density at radius 2 is 1.69 bits per heavy atom. The minimum Gasteiger partial charge on any atom is -0.479 e. The highest BCUT2D eigenvalue weighted by Crippen LogP contribution is 2.22. The molecule has 0 aliphatic rings. The molecular formula is C13H26O3. The first-order chi connectivity index (χ1) is 7.28. The second kappa shape index (κ2) is 6.89. The van der Waals surface area contributed by atoms with Gasteiger partial charge in [0, 0.05) is 6.61 Å². The molecule has 0 saturated heterocycles. The van der Waals surface area contributed by atoms with E-state index in [1.165, 1.54) is 0 Å². The molecule has 0 aliphatic carbocycles. The number of aliphatic carboxylic acids is 1. The van der Waals surface area contributed by atoms with Gasteiger partial charge in [-0.2, -0.15) is 0 Å². The van der Waals surface area contributed by atoms with E-state index >= 15 is 0 Å². The van der Waals surface area contributed by atoms with E-state index in [1.54, 1.807) is 6.92 Å². The lowest BCUT2D eigenvalue weighted by atomic mass is 9.95. The Hall–Kier alpha value is -0.570. The first kappa shape index (κ1) is 15.4. The van der Waals surface area contributed by atoms with Gasteiger partial charge in [0.2, 0.25) is 0 Å². The molecule has 96 valence electrons. The number of carboxylic acid groups (broad SMARTS) is 1. The Kier molecular flexibility index (Phi) is 6.65. The lowest BCUT2D eigenvalue weighted by molar-refractivity contribution is -0.165. The second-order valence-electron chi connectivity index (χ2n) is 5.50. The SMILES string of the molecule is CC(C)CCOC(C)(CCC(C)C)C(=O)O. The zero-order valence-electron chi connectivity index (χ0n) is 11.2. The summed E-state index contributed by atoms with van der Waals surface area (Å²) in [6, 6.07) is 0. The van der Waals surface area contributed by atoms with E-state index in [0.717, 1.165) is 12.8 Å². The Labute approximate surface area is 99.2 Å². The van der Waals surface area contributed by atoms with Crippen LogP contribution in [0.1, 0.15) is 53.9 Å². The van der Waals surface area contributed by atoms with Gasteiger partial charge in [-0.1, -0.05) is 27.7 Å². The maximum absolute atomic E-state index is 11.2. The van der Waals surface area contributed by atoms with Crippen LogP contribution >= 0.6 is 0 Å². The molecule has 3 heteroatoms. The summed E-state index contributed by atoms with van der Waals surface area (Å²) in [4.78, 5) is 11.2. The Balaban J connectivity index is 4.17. The minimum absolute atomic E-state index is 0.507. The van der Waals surface area contributed by atoms with Crippen LogP contribution in [0.2, 0.25) is 0 Å². The van der Waals surface area contributed by atoms with Gasteiger partial charge in [-0.3, -0.25) is 0 Å². The van der Waals surface area contributed by atoms with Gasteiger partial charge in [-0.15, -0.1) is 0 Å². The first-order valence-electron chi connectivity index (χ1n) is 6.15. The standard InChI is InChI=1S/C13H26O3/c1-10(2)6-8-13(5,12(14)15)16-9-7-11(3)4/h10-11H,6-9H2,1-5H3,(H,14,15). The van der Waals surface area contributed by atoms with Crippen LogP contribution in [0, 0.1) is 11.8 Å². The van der Waals surface area contributed by atoms with Crippen molar-refractivity contribution in [3.05, 3.63) is 0 Å². The number of carbonyl (C=O) groups is 1. The van der Waals surface area contributed by atoms with Crippen LogP contribution in [0.25, 0.3) is 0 Å². The van der Waals surface area contributed by atoms with Gasteiger partial charge < -0.3 is 9.84 Å². The van der Waals surface area contributed by atoms with Gasteiger partial charge in [0.05, 0.1) is 0 Å². The zero-order chi connectivity index (χ0) is 12.8. The van der Waals surface area contributed by atoms with E-state index in [9.17, 15) is 9.90 Å². The smallest absolute Gasteiger partial charge is 0.335 e. The molecule has 0 saturated carbocycles. The van der Waals surface area contributed by atoms with Crippen LogP contribution in [0.5, 0.6) is 0 Å². The van der Waals surface area contributed by atoms with Gasteiger partial charge in [-0.05, 0) is 38.0 Å². The molecule has 0 aromatic heterocycles. The molecule has 0 rings (SSSR count). The molecule has 0 radical (unpaired) electrons. The van der Waals surface area contributed by atoms with Crippen molar-refractivity contribution in [1.29, 1.82) is 0 Å². The number of ether oxygens (including phenoxy) is 1. The summed E-state index contributed by atoms with van der Waals surface area (Å²) in [5.41, 5.74) is -1.01. The molecule has 0 aliphatic heterocycles. The van der Waals surface area contributed by atoms with E-state index in [0.29, 0.717) is 24.9 Å². The van der Waals surface area contributed by atoms with Crippen molar-refractivity contribution in [1.82, 2.24) is 0 Å². The molecular weight excluding hydrogens is 204 g/mol. The van der Waals surface area contributed by atoms with Crippen molar-refractivity contribution in [2.45, 2.75) is 59.5 Å². The summed E-state index contributed by atoms with van der Waals surface area (Å²) in [6.45, 7) is 10.6. The third-order valence-corrected chi connectivity index (χ3v) is 2.77. The number of carboxylic acids is 1. The van der Waals surface area contributed by atoms with Crippen LogP contribution in [0.15, 0.2) is 0 Å². The Bertz CT molecular complexity index is 211. The fourth-order valence-corrected chi connectivity index (χ4v) is 1.32. The summed E-state index contributed by atoms with van der Waals surface area (Å²) < 4.78 is 5.55. The van der Waals surface area contributed by atoms with Crippen LogP contribution < -0.4 is 0 Å². The molecule has 0 aromatic rings. The van der Waals surface area contributed by atoms with Crippen molar-refractivity contribution >= 4 is 5.97 Å². The van der Waals surface area contributed by atoms with Gasteiger partial charge in [0.1, 0.15) is 0 Å². The zero-order valence-corrected chi connectivity index (χ0v) is 11.2. The molecule has 1 unspecified atom stereocenters. The molecule has 1 N–H and O–H groups in total. The predicted octanol–water partition coefficient (Wildman–Crippen LogP) is 3.33.